The van der Waals surface area contributed by atoms with Gasteiger partial charge >= 0.3 is 0 Å². The minimum atomic E-state index is -0.293. The monoisotopic (exact) mass is 356 g/mol. The first-order chi connectivity index (χ1) is 10.7. The van der Waals surface area contributed by atoms with Crippen LogP contribution in [-0.2, 0) is 0 Å². The molecule has 1 atom stereocenters. The van der Waals surface area contributed by atoms with Crippen LogP contribution in [0, 0.1) is 5.82 Å². The fourth-order valence-corrected chi connectivity index (χ4v) is 3.02. The van der Waals surface area contributed by atoms with Crippen LogP contribution in [0.2, 0.25) is 0 Å². The van der Waals surface area contributed by atoms with Gasteiger partial charge in [-0.05, 0) is 36.1 Å². The van der Waals surface area contributed by atoms with Crippen molar-refractivity contribution in [1.82, 2.24) is 10.2 Å². The first kappa shape index (κ1) is 17.8. The number of carbonyl (C=O) groups excluding carboxylic acids is 1. The maximum Gasteiger partial charge on any atom is 0.290 e. The van der Waals surface area contributed by atoms with Gasteiger partial charge in [0.15, 0.2) is 10.9 Å². The molecule has 0 radical (unpaired) electrons. The number of hydrogen-bond donors (Lipinski definition) is 1. The molecule has 0 saturated carbocycles. The minimum absolute atomic E-state index is 0. The Hall–Kier alpha value is -1.50. The van der Waals surface area contributed by atoms with Gasteiger partial charge < -0.3 is 14.6 Å². The number of benzene rings is 1. The van der Waals surface area contributed by atoms with E-state index in [1.165, 1.54) is 23.9 Å². The summed E-state index contributed by atoms with van der Waals surface area (Å²) in [5, 5.41) is 3.96. The molecule has 124 valence electrons. The fraction of sp³-hybridized carbons (Fsp3) is 0.312. The van der Waals surface area contributed by atoms with Crippen molar-refractivity contribution in [2.24, 2.45) is 0 Å². The van der Waals surface area contributed by atoms with Gasteiger partial charge in [0, 0.05) is 19.6 Å². The number of nitrogens with zero attached hydrogens (tertiary/aromatic N) is 1. The molecule has 1 aliphatic heterocycles. The van der Waals surface area contributed by atoms with Crippen LogP contribution in [0.15, 0.2) is 45.9 Å². The van der Waals surface area contributed by atoms with E-state index in [4.69, 9.17) is 4.42 Å². The smallest absolute Gasteiger partial charge is 0.290 e. The Morgan fingerprint density at radius 1 is 1.39 bits per heavy atom. The maximum atomic E-state index is 13.5. The van der Waals surface area contributed by atoms with Crippen LogP contribution in [0.25, 0.3) is 0 Å². The van der Waals surface area contributed by atoms with Crippen molar-refractivity contribution < 1.29 is 13.6 Å². The predicted molar refractivity (Wildman–Crippen MR) is 90.8 cm³/mol. The van der Waals surface area contributed by atoms with Gasteiger partial charge in [0.05, 0.1) is 6.04 Å². The molecule has 2 aromatic rings. The molecule has 4 nitrogen and oxygen atoms in total. The number of carbonyl (C=O) groups is 1. The Bertz CT molecular complexity index is 680. The van der Waals surface area contributed by atoms with Crippen LogP contribution in [-0.4, -0.2) is 36.7 Å². The van der Waals surface area contributed by atoms with Crippen molar-refractivity contribution in [2.75, 3.05) is 25.9 Å². The zero-order valence-electron chi connectivity index (χ0n) is 12.6. The summed E-state index contributed by atoms with van der Waals surface area (Å²) in [5.74, 6) is -0.123. The Balaban J connectivity index is 0.00000192. The highest BCUT2D eigenvalue weighted by Gasteiger charge is 2.30. The molecule has 1 N–H and O–H groups in total. The first-order valence-corrected chi connectivity index (χ1v) is 8.32. The van der Waals surface area contributed by atoms with Crippen molar-refractivity contribution in [2.45, 2.75) is 11.1 Å². The molecular formula is C16H18ClFN2O2S. The summed E-state index contributed by atoms with van der Waals surface area (Å²) in [6.45, 7) is 1.88. The van der Waals surface area contributed by atoms with Crippen LogP contribution in [0.3, 0.4) is 0 Å². The largest absolute Gasteiger partial charge is 0.445 e. The first-order valence-electron chi connectivity index (χ1n) is 7.10. The lowest BCUT2D eigenvalue weighted by Gasteiger charge is -2.36. The molecule has 0 spiro atoms. The molecule has 7 heteroatoms. The Morgan fingerprint density at radius 3 is 2.91 bits per heavy atom. The van der Waals surface area contributed by atoms with Gasteiger partial charge in [0.25, 0.3) is 5.91 Å². The zero-order valence-corrected chi connectivity index (χ0v) is 14.3. The van der Waals surface area contributed by atoms with E-state index in [0.29, 0.717) is 30.5 Å². The molecule has 0 aliphatic carbocycles. The van der Waals surface area contributed by atoms with Crippen molar-refractivity contribution in [3.8, 4) is 0 Å². The van der Waals surface area contributed by atoms with Gasteiger partial charge in [-0.25, -0.2) is 4.39 Å². The summed E-state index contributed by atoms with van der Waals surface area (Å²) in [4.78, 5) is 14.4. The van der Waals surface area contributed by atoms with Crippen LogP contribution >= 0.6 is 24.2 Å². The summed E-state index contributed by atoms with van der Waals surface area (Å²) < 4.78 is 19.0. The average Bonchev–Trinajstić information content (AvgIpc) is 3.03. The van der Waals surface area contributed by atoms with E-state index in [1.807, 2.05) is 12.3 Å². The molecule has 1 fully saturated rings. The van der Waals surface area contributed by atoms with Gasteiger partial charge in [-0.2, -0.15) is 0 Å². The van der Waals surface area contributed by atoms with E-state index in [1.54, 1.807) is 23.1 Å². The lowest BCUT2D eigenvalue weighted by Crippen LogP contribution is -2.48. The zero-order chi connectivity index (χ0) is 15.5. The molecule has 23 heavy (non-hydrogen) atoms. The highest BCUT2D eigenvalue weighted by molar-refractivity contribution is 7.98. The van der Waals surface area contributed by atoms with E-state index in [-0.39, 0.29) is 30.2 Å². The molecule has 1 aliphatic rings. The molecular weight excluding hydrogens is 339 g/mol. The van der Waals surface area contributed by atoms with E-state index in [9.17, 15) is 9.18 Å². The van der Waals surface area contributed by atoms with E-state index >= 15 is 0 Å². The van der Waals surface area contributed by atoms with Crippen molar-refractivity contribution in [3.63, 3.8) is 0 Å². The number of hydrogen-bond acceptors (Lipinski definition) is 4. The van der Waals surface area contributed by atoms with Gasteiger partial charge in [-0.1, -0.05) is 23.9 Å². The topological polar surface area (TPSA) is 45.5 Å². The molecule has 2 heterocycles. The quantitative estimate of drug-likeness (QED) is 0.857. The Labute approximate surface area is 144 Å². The molecule has 1 aromatic heterocycles. The van der Waals surface area contributed by atoms with Crippen molar-refractivity contribution >= 4 is 30.1 Å². The van der Waals surface area contributed by atoms with E-state index in [0.717, 1.165) is 5.56 Å². The predicted octanol–water partition coefficient (Wildman–Crippen LogP) is 3.35. The standard InChI is InChI=1S/C16H17FN2O2S.ClH/c1-22-15-6-5-14(21-15)16(20)19-8-7-18-10-13(19)11-3-2-4-12(17)9-11;/h2-6,9,13,18H,7-8,10H2,1H3;1H. The molecule has 1 aromatic carbocycles. The van der Waals surface area contributed by atoms with Crippen LogP contribution < -0.4 is 5.32 Å². The molecule has 3 rings (SSSR count). The molecule has 1 saturated heterocycles. The van der Waals surface area contributed by atoms with Crippen LogP contribution in [0.5, 0.6) is 0 Å². The summed E-state index contributed by atoms with van der Waals surface area (Å²) >= 11 is 1.45. The lowest BCUT2D eigenvalue weighted by molar-refractivity contribution is 0.0596. The third-order valence-corrected chi connectivity index (χ3v) is 4.35. The number of thioether (sulfide) groups is 1. The summed E-state index contributed by atoms with van der Waals surface area (Å²) in [7, 11) is 0. The number of piperazine rings is 1. The number of nitrogens with one attached hydrogen (secondary N) is 1. The summed E-state index contributed by atoms with van der Waals surface area (Å²) in [6, 6.07) is 9.68. The van der Waals surface area contributed by atoms with Gasteiger partial charge in [-0.3, -0.25) is 4.79 Å². The van der Waals surface area contributed by atoms with Crippen LogP contribution in [0.1, 0.15) is 22.2 Å². The van der Waals surface area contributed by atoms with Gasteiger partial charge in [0.1, 0.15) is 5.82 Å². The van der Waals surface area contributed by atoms with Gasteiger partial charge in [-0.15, -0.1) is 12.4 Å². The van der Waals surface area contributed by atoms with E-state index < -0.39 is 0 Å². The maximum absolute atomic E-state index is 13.5. The Kier molecular flexibility index (Phi) is 6.10. The average molecular weight is 357 g/mol. The highest BCUT2D eigenvalue weighted by Crippen LogP contribution is 2.26. The Morgan fingerprint density at radius 2 is 2.22 bits per heavy atom. The number of rotatable bonds is 3. The third-order valence-electron chi connectivity index (χ3n) is 3.73. The summed E-state index contributed by atoms with van der Waals surface area (Å²) in [5.41, 5.74) is 0.789. The summed E-state index contributed by atoms with van der Waals surface area (Å²) in [6.07, 6.45) is 1.90. The minimum Gasteiger partial charge on any atom is -0.445 e. The second-order valence-electron chi connectivity index (χ2n) is 5.10. The molecule has 1 amide bonds. The second-order valence-corrected chi connectivity index (χ2v) is 5.91. The number of furan rings is 1. The van der Waals surface area contributed by atoms with Crippen LogP contribution in [0.4, 0.5) is 4.39 Å². The number of halogens is 2. The molecule has 0 bridgehead atoms. The third kappa shape index (κ3) is 3.88. The second kappa shape index (κ2) is 7.86. The fourth-order valence-electron chi connectivity index (χ4n) is 2.65. The SMILES string of the molecule is CSc1ccc(C(=O)N2CCNCC2c2cccc(F)c2)o1.Cl. The highest BCUT2D eigenvalue weighted by atomic mass is 35.5. The normalized spacial score (nSPS) is 17.7. The van der Waals surface area contributed by atoms with Crippen molar-refractivity contribution in [1.29, 1.82) is 0 Å². The van der Waals surface area contributed by atoms with Crippen molar-refractivity contribution in [3.05, 3.63) is 53.5 Å². The molecule has 1 unspecified atom stereocenters. The number of amides is 1. The lowest BCUT2D eigenvalue weighted by atomic mass is 10.0. The van der Waals surface area contributed by atoms with E-state index in [2.05, 4.69) is 5.32 Å². The van der Waals surface area contributed by atoms with Gasteiger partial charge in [0.2, 0.25) is 0 Å².